The minimum atomic E-state index is -3.50. The monoisotopic (exact) mass is 684 g/mol. The third-order valence-corrected chi connectivity index (χ3v) is 13.1. The molecular weight excluding hydrogens is 644 g/mol. The summed E-state index contributed by atoms with van der Waals surface area (Å²) in [6.07, 6.45) is 2.26. The molecule has 0 saturated carbocycles. The Kier molecular flexibility index (Phi) is 8.44. The fourth-order valence-corrected chi connectivity index (χ4v) is 10.9. The molecule has 256 valence electrons. The Bertz CT molecular complexity index is 2000. The number of rotatable bonds is 8. The number of carbonyl (C=O) groups is 2. The van der Waals surface area contributed by atoms with Gasteiger partial charge in [-0.25, -0.2) is 0 Å². The second kappa shape index (κ2) is 12.5. The Hall–Kier alpha value is -4.39. The zero-order chi connectivity index (χ0) is 34.7. The van der Waals surface area contributed by atoms with E-state index in [0.29, 0.717) is 41.0 Å². The molecule has 4 heterocycles. The average Bonchev–Trinajstić information content (AvgIpc) is 3.75. The number of methoxy groups -OCH3 is 1. The predicted octanol–water partition coefficient (Wildman–Crippen LogP) is 5.09. The SMILES string of the molecule is COc1ccc2c(c1)[C@]1(O[C@@H](CC(=O)N3CCC[C@H]3CO)[C@H]([Si](C)(C)F)[C@H]1C)C(=O)N2Cc1cccc(-n2ncc3ccccc3c2=O)c1. The number of aliphatic hydroxyl groups is 1. The highest BCUT2D eigenvalue weighted by molar-refractivity contribution is 6.72. The minimum absolute atomic E-state index is 0.0737. The van der Waals surface area contributed by atoms with Crippen LogP contribution in [0, 0.1) is 5.92 Å². The Labute approximate surface area is 285 Å². The van der Waals surface area contributed by atoms with Crippen molar-refractivity contribution in [3.63, 3.8) is 0 Å². The molecule has 2 amide bonds. The topological polar surface area (TPSA) is 114 Å². The van der Waals surface area contributed by atoms with Gasteiger partial charge in [-0.15, -0.1) is 0 Å². The van der Waals surface area contributed by atoms with Crippen LogP contribution in [0.25, 0.3) is 16.5 Å². The number of halogens is 1. The Morgan fingerprint density at radius 2 is 1.92 bits per heavy atom. The van der Waals surface area contributed by atoms with E-state index in [1.807, 2.05) is 49.4 Å². The number of hydrogen-bond acceptors (Lipinski definition) is 7. The number of ether oxygens (including phenoxy) is 2. The lowest BCUT2D eigenvalue weighted by Gasteiger charge is -2.31. The van der Waals surface area contributed by atoms with Gasteiger partial charge in [-0.1, -0.05) is 37.3 Å². The fraction of sp³-hybridized carbons (Fsp3) is 0.405. The lowest BCUT2D eigenvalue weighted by Crippen LogP contribution is -2.45. The quantitative estimate of drug-likeness (QED) is 0.203. The first-order valence-corrected chi connectivity index (χ1v) is 19.8. The molecule has 0 aliphatic carbocycles. The van der Waals surface area contributed by atoms with Crippen molar-refractivity contribution in [3.8, 4) is 11.4 Å². The molecule has 10 nitrogen and oxygen atoms in total. The average molecular weight is 685 g/mol. The Morgan fingerprint density at radius 1 is 1.12 bits per heavy atom. The van der Waals surface area contributed by atoms with Gasteiger partial charge in [0.15, 0.2) is 5.60 Å². The van der Waals surface area contributed by atoms with Crippen molar-refractivity contribution in [2.75, 3.05) is 25.2 Å². The molecule has 1 spiro atoms. The molecule has 5 atom stereocenters. The summed E-state index contributed by atoms with van der Waals surface area (Å²) < 4.78 is 30.1. The Balaban J connectivity index is 1.26. The number of benzene rings is 3. The molecule has 2 fully saturated rings. The molecule has 4 aromatic rings. The van der Waals surface area contributed by atoms with Gasteiger partial charge in [-0.2, -0.15) is 9.78 Å². The van der Waals surface area contributed by atoms with E-state index in [0.717, 1.165) is 17.4 Å². The summed E-state index contributed by atoms with van der Waals surface area (Å²) in [7, 11) is -1.95. The third kappa shape index (κ3) is 5.46. The number of aliphatic hydroxyl groups excluding tert-OH is 1. The predicted molar refractivity (Wildman–Crippen MR) is 186 cm³/mol. The van der Waals surface area contributed by atoms with Gasteiger partial charge in [0.25, 0.3) is 11.5 Å². The van der Waals surface area contributed by atoms with Crippen LogP contribution >= 0.6 is 0 Å². The van der Waals surface area contributed by atoms with E-state index in [1.165, 1.54) is 4.68 Å². The lowest BCUT2D eigenvalue weighted by molar-refractivity contribution is -0.150. The number of fused-ring (bicyclic) bond motifs is 3. The Morgan fingerprint density at radius 3 is 2.67 bits per heavy atom. The van der Waals surface area contributed by atoms with E-state index in [4.69, 9.17) is 9.47 Å². The summed E-state index contributed by atoms with van der Waals surface area (Å²) in [5.74, 6) is -0.582. The maximum Gasteiger partial charge on any atom is 0.279 e. The molecule has 0 bridgehead atoms. The molecule has 49 heavy (non-hydrogen) atoms. The number of hydrogen-bond donors (Lipinski definition) is 1. The largest absolute Gasteiger partial charge is 0.497 e. The van der Waals surface area contributed by atoms with Crippen LogP contribution in [0.2, 0.25) is 18.6 Å². The van der Waals surface area contributed by atoms with Crippen molar-refractivity contribution in [2.45, 2.75) is 69.1 Å². The molecule has 0 radical (unpaired) electrons. The van der Waals surface area contributed by atoms with E-state index < -0.39 is 31.6 Å². The van der Waals surface area contributed by atoms with Crippen LogP contribution in [0.1, 0.15) is 37.3 Å². The van der Waals surface area contributed by atoms with Crippen molar-refractivity contribution >= 4 is 36.7 Å². The molecule has 3 aromatic carbocycles. The highest BCUT2D eigenvalue weighted by Gasteiger charge is 2.67. The standard InChI is InChI=1S/C37H41FN4O6Si/c1-23-34(49(3,4)38)32(19-33(44)40-16-8-12-27(40)22-43)48-37(23)30-18-28(47-2)14-15-31(30)41(36(37)46)21-24-9-7-11-26(17-24)42-35(45)29-13-6-5-10-25(29)20-39-42/h5-7,9-11,13-15,17-18,20,23,27,32,34,43H,8,12,16,19,21-22H2,1-4H3/t23-,27+,32+,34-,37+/m1/s1. The molecule has 12 heteroatoms. The minimum Gasteiger partial charge on any atom is -0.497 e. The first-order valence-electron chi connectivity index (χ1n) is 16.8. The number of amides is 2. The van der Waals surface area contributed by atoms with Crippen molar-refractivity contribution in [1.82, 2.24) is 14.7 Å². The molecule has 2 saturated heterocycles. The van der Waals surface area contributed by atoms with Gasteiger partial charge in [-0.05, 0) is 67.9 Å². The summed E-state index contributed by atoms with van der Waals surface area (Å²) >= 11 is 0. The van der Waals surface area contributed by atoms with Crippen molar-refractivity contribution in [1.29, 1.82) is 0 Å². The normalized spacial score (nSPS) is 25.1. The summed E-state index contributed by atoms with van der Waals surface area (Å²) in [6, 6.07) is 19.7. The fourth-order valence-electron chi connectivity index (χ4n) is 8.40. The van der Waals surface area contributed by atoms with Crippen molar-refractivity contribution in [2.24, 2.45) is 5.92 Å². The highest BCUT2D eigenvalue weighted by Crippen LogP contribution is 2.60. The third-order valence-electron chi connectivity index (χ3n) is 10.6. The second-order valence-electron chi connectivity index (χ2n) is 13.9. The van der Waals surface area contributed by atoms with E-state index in [1.54, 1.807) is 60.5 Å². The number of carbonyl (C=O) groups excluding carboxylic acids is 2. The van der Waals surface area contributed by atoms with Crippen LogP contribution in [0.15, 0.2) is 77.7 Å². The van der Waals surface area contributed by atoms with E-state index in [-0.39, 0.29) is 43.0 Å². The van der Waals surface area contributed by atoms with Gasteiger partial charge in [0.1, 0.15) is 5.75 Å². The van der Waals surface area contributed by atoms with Gasteiger partial charge < -0.3 is 28.5 Å². The number of likely N-dealkylation sites (tertiary alicyclic amines) is 1. The number of nitrogens with zero attached hydrogens (tertiary/aromatic N) is 4. The van der Waals surface area contributed by atoms with Crippen molar-refractivity contribution in [3.05, 3.63) is 94.4 Å². The van der Waals surface area contributed by atoms with E-state index in [9.17, 15) is 19.5 Å². The zero-order valence-electron chi connectivity index (χ0n) is 28.1. The van der Waals surface area contributed by atoms with Crippen LogP contribution in [0.5, 0.6) is 5.75 Å². The number of aromatic nitrogens is 2. The summed E-state index contributed by atoms with van der Waals surface area (Å²) in [4.78, 5) is 45.2. The van der Waals surface area contributed by atoms with Crippen LogP contribution in [0.3, 0.4) is 0 Å². The molecular formula is C37H41FN4O6Si. The molecule has 3 aliphatic heterocycles. The van der Waals surface area contributed by atoms with Gasteiger partial charge in [0, 0.05) is 29.0 Å². The van der Waals surface area contributed by atoms with Gasteiger partial charge in [-0.3, -0.25) is 14.4 Å². The summed E-state index contributed by atoms with van der Waals surface area (Å²) in [5.41, 5.74) is 0.0796. The summed E-state index contributed by atoms with van der Waals surface area (Å²) in [5, 5.41) is 15.6. The maximum absolute atomic E-state index is 16.3. The van der Waals surface area contributed by atoms with E-state index in [2.05, 4.69) is 5.10 Å². The van der Waals surface area contributed by atoms with Gasteiger partial charge in [0.2, 0.25) is 14.3 Å². The van der Waals surface area contributed by atoms with Crippen LogP contribution in [-0.2, 0) is 26.5 Å². The van der Waals surface area contributed by atoms with Crippen LogP contribution in [0.4, 0.5) is 9.80 Å². The molecule has 3 aliphatic rings. The first kappa shape index (κ1) is 33.1. The lowest BCUT2D eigenvalue weighted by atomic mass is 9.82. The summed E-state index contributed by atoms with van der Waals surface area (Å²) in [6.45, 7) is 5.64. The maximum atomic E-state index is 16.3. The highest BCUT2D eigenvalue weighted by atomic mass is 28.4. The molecule has 0 unspecified atom stereocenters. The molecule has 1 N–H and O–H groups in total. The second-order valence-corrected chi connectivity index (χ2v) is 17.7. The zero-order valence-corrected chi connectivity index (χ0v) is 29.1. The van der Waals surface area contributed by atoms with Crippen molar-refractivity contribution < 1.29 is 28.3 Å². The smallest absolute Gasteiger partial charge is 0.279 e. The van der Waals surface area contributed by atoms with E-state index >= 15 is 4.11 Å². The number of anilines is 1. The molecule has 1 aromatic heterocycles. The first-order chi connectivity index (χ1) is 23.5. The van der Waals surface area contributed by atoms with Gasteiger partial charge in [0.05, 0.1) is 61.8 Å². The van der Waals surface area contributed by atoms with Gasteiger partial charge >= 0.3 is 0 Å². The van der Waals surface area contributed by atoms with Crippen LogP contribution < -0.4 is 15.2 Å². The van der Waals surface area contributed by atoms with Crippen LogP contribution in [-0.4, -0.2) is 72.4 Å². The molecule has 7 rings (SSSR count).